The Labute approximate surface area is 106 Å². The van der Waals surface area contributed by atoms with Crippen LogP contribution in [-0.2, 0) is 0 Å². The second-order valence-corrected chi connectivity index (χ2v) is 3.65. The fourth-order valence-electron chi connectivity index (χ4n) is 1.64. The lowest BCUT2D eigenvalue weighted by molar-refractivity contribution is 0.414. The molecule has 0 spiro atoms. The zero-order valence-electron chi connectivity index (χ0n) is 10.00. The van der Waals surface area contributed by atoms with Crippen LogP contribution in [0.25, 0.3) is 11.6 Å². The van der Waals surface area contributed by atoms with Gasteiger partial charge in [0.2, 0.25) is 0 Å². The van der Waals surface area contributed by atoms with E-state index in [0.29, 0.717) is 5.57 Å². The molecule has 0 radical (unpaired) electrons. The molecule has 1 aromatic carbocycles. The van der Waals surface area contributed by atoms with Crippen LogP contribution in [0.3, 0.4) is 0 Å². The molecule has 1 aromatic heterocycles. The summed E-state index contributed by atoms with van der Waals surface area (Å²) in [7, 11) is 1.61. The van der Waals surface area contributed by atoms with Gasteiger partial charge in [0.05, 0.1) is 18.8 Å². The highest BCUT2D eigenvalue weighted by Crippen LogP contribution is 2.23. The van der Waals surface area contributed by atoms with E-state index in [1.165, 1.54) is 0 Å². The summed E-state index contributed by atoms with van der Waals surface area (Å²) < 4.78 is 5.26. The molecule has 0 aliphatic heterocycles. The normalized spacial score (nSPS) is 10.8. The van der Waals surface area contributed by atoms with Crippen LogP contribution in [0.1, 0.15) is 11.1 Å². The highest BCUT2D eigenvalue weighted by Gasteiger charge is 2.03. The molecule has 2 rings (SSSR count). The second kappa shape index (κ2) is 5.65. The zero-order valence-corrected chi connectivity index (χ0v) is 10.00. The average molecular weight is 236 g/mol. The van der Waals surface area contributed by atoms with Gasteiger partial charge in [-0.1, -0.05) is 24.3 Å². The molecule has 0 fully saturated rings. The largest absolute Gasteiger partial charge is 0.496 e. The van der Waals surface area contributed by atoms with Gasteiger partial charge in [-0.2, -0.15) is 5.26 Å². The molecule has 3 nitrogen and oxygen atoms in total. The van der Waals surface area contributed by atoms with Crippen molar-refractivity contribution < 1.29 is 4.74 Å². The van der Waals surface area contributed by atoms with Gasteiger partial charge in [0.15, 0.2) is 0 Å². The third-order valence-corrected chi connectivity index (χ3v) is 2.53. The van der Waals surface area contributed by atoms with Crippen molar-refractivity contribution in [1.82, 2.24) is 4.98 Å². The molecule has 88 valence electrons. The summed E-state index contributed by atoms with van der Waals surface area (Å²) in [5.74, 6) is 0.745. The Morgan fingerprint density at radius 2 is 2.11 bits per heavy atom. The number of pyridine rings is 1. The number of hydrogen-bond acceptors (Lipinski definition) is 3. The summed E-state index contributed by atoms with van der Waals surface area (Å²) in [5, 5.41) is 9.22. The first-order valence-electron chi connectivity index (χ1n) is 5.50. The smallest absolute Gasteiger partial charge is 0.126 e. The Hall–Kier alpha value is -2.60. The van der Waals surface area contributed by atoms with Gasteiger partial charge in [-0.15, -0.1) is 0 Å². The van der Waals surface area contributed by atoms with Crippen molar-refractivity contribution in [1.29, 1.82) is 5.26 Å². The number of benzene rings is 1. The minimum Gasteiger partial charge on any atom is -0.496 e. The van der Waals surface area contributed by atoms with E-state index in [1.807, 2.05) is 36.4 Å². The number of nitrogens with zero attached hydrogens (tertiary/aromatic N) is 2. The van der Waals surface area contributed by atoms with Crippen molar-refractivity contribution in [2.24, 2.45) is 0 Å². The molecular formula is C15H12N2O. The highest BCUT2D eigenvalue weighted by atomic mass is 16.5. The molecule has 0 aliphatic carbocycles. The predicted octanol–water partition coefficient (Wildman–Crippen LogP) is 3.15. The number of rotatable bonds is 3. The lowest BCUT2D eigenvalue weighted by Crippen LogP contribution is -1.88. The van der Waals surface area contributed by atoms with Crippen molar-refractivity contribution in [3.05, 3.63) is 59.9 Å². The number of nitriles is 1. The van der Waals surface area contributed by atoms with Crippen LogP contribution < -0.4 is 4.74 Å². The number of ether oxygens (including phenoxy) is 1. The standard InChI is InChI=1S/C15H12N2O/c1-18-15-7-3-2-5-12(15)9-14(10-16)13-6-4-8-17-11-13/h2-9,11H,1H3/b14-9+. The van der Waals surface area contributed by atoms with E-state index < -0.39 is 0 Å². The van der Waals surface area contributed by atoms with Crippen LogP contribution in [0, 0.1) is 11.3 Å². The minimum atomic E-state index is 0.563. The van der Waals surface area contributed by atoms with Crippen molar-refractivity contribution in [2.75, 3.05) is 7.11 Å². The third-order valence-electron chi connectivity index (χ3n) is 2.53. The molecule has 1 heterocycles. The van der Waals surface area contributed by atoms with Crippen molar-refractivity contribution in [2.45, 2.75) is 0 Å². The van der Waals surface area contributed by atoms with Crippen LogP contribution in [0.2, 0.25) is 0 Å². The second-order valence-electron chi connectivity index (χ2n) is 3.65. The van der Waals surface area contributed by atoms with Gasteiger partial charge in [0.25, 0.3) is 0 Å². The van der Waals surface area contributed by atoms with Gasteiger partial charge in [-0.05, 0) is 18.2 Å². The number of hydrogen-bond donors (Lipinski definition) is 0. The highest BCUT2D eigenvalue weighted by molar-refractivity contribution is 5.90. The topological polar surface area (TPSA) is 45.9 Å². The molecule has 0 saturated carbocycles. The van der Waals surface area contributed by atoms with Crippen molar-refractivity contribution in [3.8, 4) is 11.8 Å². The average Bonchev–Trinajstić information content (AvgIpc) is 2.46. The van der Waals surface area contributed by atoms with Crippen LogP contribution in [0.4, 0.5) is 0 Å². The third kappa shape index (κ3) is 2.55. The maximum Gasteiger partial charge on any atom is 0.126 e. The van der Waals surface area contributed by atoms with Gasteiger partial charge < -0.3 is 4.74 Å². The van der Waals surface area contributed by atoms with Gasteiger partial charge in [0, 0.05) is 23.5 Å². The summed E-state index contributed by atoms with van der Waals surface area (Å²) in [6, 6.07) is 13.4. The van der Waals surface area contributed by atoms with Crippen LogP contribution in [0.15, 0.2) is 48.8 Å². The first-order valence-corrected chi connectivity index (χ1v) is 5.50. The zero-order chi connectivity index (χ0) is 12.8. The van der Waals surface area contributed by atoms with Gasteiger partial charge in [-0.3, -0.25) is 4.98 Å². The van der Waals surface area contributed by atoms with E-state index in [4.69, 9.17) is 4.74 Å². The van der Waals surface area contributed by atoms with E-state index in [0.717, 1.165) is 16.9 Å². The Kier molecular flexibility index (Phi) is 3.72. The molecule has 0 unspecified atom stereocenters. The number of methoxy groups -OCH3 is 1. The van der Waals surface area contributed by atoms with Crippen molar-refractivity contribution in [3.63, 3.8) is 0 Å². The fourth-order valence-corrected chi connectivity index (χ4v) is 1.64. The summed E-state index contributed by atoms with van der Waals surface area (Å²) in [6.45, 7) is 0. The first-order chi connectivity index (χ1) is 8.85. The summed E-state index contributed by atoms with van der Waals surface area (Å²) in [4.78, 5) is 4.01. The summed E-state index contributed by atoms with van der Waals surface area (Å²) in [5.41, 5.74) is 2.24. The Bertz CT molecular complexity index is 597. The lowest BCUT2D eigenvalue weighted by Gasteiger charge is -2.04. The molecule has 0 amide bonds. The van der Waals surface area contributed by atoms with E-state index in [1.54, 1.807) is 25.6 Å². The number of allylic oxidation sites excluding steroid dienone is 1. The SMILES string of the molecule is COc1ccccc1/C=C(\C#N)c1cccnc1. The van der Waals surface area contributed by atoms with Crippen LogP contribution in [0.5, 0.6) is 5.75 Å². The van der Waals surface area contributed by atoms with Gasteiger partial charge in [-0.25, -0.2) is 0 Å². The van der Waals surface area contributed by atoms with Crippen LogP contribution >= 0.6 is 0 Å². The van der Waals surface area contributed by atoms with Crippen LogP contribution in [-0.4, -0.2) is 12.1 Å². The van der Waals surface area contributed by atoms with Gasteiger partial charge >= 0.3 is 0 Å². The number of aromatic nitrogens is 1. The Morgan fingerprint density at radius 3 is 2.78 bits per heavy atom. The summed E-state index contributed by atoms with van der Waals surface area (Å²) in [6.07, 6.45) is 5.15. The van der Waals surface area contributed by atoms with Crippen molar-refractivity contribution >= 4 is 11.6 Å². The molecule has 0 N–H and O–H groups in total. The lowest BCUT2D eigenvalue weighted by atomic mass is 10.1. The van der Waals surface area contributed by atoms with E-state index in [-0.39, 0.29) is 0 Å². The van der Waals surface area contributed by atoms with E-state index in [9.17, 15) is 5.26 Å². The van der Waals surface area contributed by atoms with E-state index in [2.05, 4.69) is 11.1 Å². The molecule has 2 aromatic rings. The fraction of sp³-hybridized carbons (Fsp3) is 0.0667. The molecule has 0 bridgehead atoms. The van der Waals surface area contributed by atoms with E-state index >= 15 is 0 Å². The summed E-state index contributed by atoms with van der Waals surface area (Å²) >= 11 is 0. The maximum absolute atomic E-state index is 9.22. The first kappa shape index (κ1) is 11.9. The molecule has 3 heteroatoms. The monoisotopic (exact) mass is 236 g/mol. The molecular weight excluding hydrogens is 224 g/mol. The number of para-hydroxylation sites is 1. The minimum absolute atomic E-state index is 0.563. The molecule has 0 saturated heterocycles. The quantitative estimate of drug-likeness (QED) is 0.769. The van der Waals surface area contributed by atoms with Gasteiger partial charge in [0.1, 0.15) is 5.75 Å². The predicted molar refractivity (Wildman–Crippen MR) is 70.7 cm³/mol. The Morgan fingerprint density at radius 1 is 1.28 bits per heavy atom. The maximum atomic E-state index is 9.22. The molecule has 18 heavy (non-hydrogen) atoms. The molecule has 0 atom stereocenters. The Balaban J connectivity index is 2.45. The molecule has 0 aliphatic rings.